The molecule has 0 spiro atoms. The molecule has 1 aliphatic heterocycles. The van der Waals surface area contributed by atoms with E-state index in [4.69, 9.17) is 4.74 Å². The van der Waals surface area contributed by atoms with Gasteiger partial charge in [-0.2, -0.15) is 0 Å². The van der Waals surface area contributed by atoms with Gasteiger partial charge < -0.3 is 20.3 Å². The molecule has 7 heteroatoms. The Kier molecular flexibility index (Phi) is 6.33. The molecule has 6 nitrogen and oxygen atoms in total. The first kappa shape index (κ1) is 18.5. The minimum absolute atomic E-state index is 0.216. The Bertz CT molecular complexity index is 763. The number of carbonyl (C=O) groups excluding carboxylic acids is 1. The summed E-state index contributed by atoms with van der Waals surface area (Å²) in [5.74, 6) is 1.74. The molecule has 26 heavy (non-hydrogen) atoms. The van der Waals surface area contributed by atoms with Gasteiger partial charge in [0.1, 0.15) is 11.6 Å². The molecule has 0 aliphatic carbocycles. The summed E-state index contributed by atoms with van der Waals surface area (Å²) in [5.41, 5.74) is 1.95. The van der Waals surface area contributed by atoms with Crippen molar-refractivity contribution >= 4 is 27.8 Å². The Morgan fingerprint density at radius 2 is 1.96 bits per heavy atom. The normalized spacial score (nSPS) is 13.5. The maximum Gasteiger partial charge on any atom is 0.315 e. The van der Waals surface area contributed by atoms with Crippen LogP contribution < -0.4 is 20.3 Å². The fraction of sp³-hybridized carbons (Fsp3) is 0.368. The van der Waals surface area contributed by atoms with Crippen molar-refractivity contribution in [2.45, 2.75) is 25.9 Å². The SMILES string of the molecule is COc1ccc(Br)cc1CNC(=O)NCc1ccnc(N2CCCC2)c1. The van der Waals surface area contributed by atoms with E-state index in [1.165, 1.54) is 12.8 Å². The van der Waals surface area contributed by atoms with E-state index in [0.717, 1.165) is 40.3 Å². The summed E-state index contributed by atoms with van der Waals surface area (Å²) in [6, 6.07) is 9.47. The molecule has 0 radical (unpaired) electrons. The van der Waals surface area contributed by atoms with Crippen LogP contribution in [0.3, 0.4) is 0 Å². The van der Waals surface area contributed by atoms with Gasteiger partial charge in [0.05, 0.1) is 7.11 Å². The lowest BCUT2D eigenvalue weighted by Gasteiger charge is -2.17. The number of pyridine rings is 1. The predicted molar refractivity (Wildman–Crippen MR) is 105 cm³/mol. The van der Waals surface area contributed by atoms with Gasteiger partial charge in [0.2, 0.25) is 0 Å². The van der Waals surface area contributed by atoms with Crippen molar-refractivity contribution in [2.75, 3.05) is 25.1 Å². The van der Waals surface area contributed by atoms with Crippen LogP contribution >= 0.6 is 15.9 Å². The number of nitrogens with one attached hydrogen (secondary N) is 2. The smallest absolute Gasteiger partial charge is 0.315 e. The van der Waals surface area contributed by atoms with Crippen LogP contribution in [0, 0.1) is 0 Å². The number of halogens is 1. The van der Waals surface area contributed by atoms with Crippen molar-refractivity contribution in [2.24, 2.45) is 0 Å². The van der Waals surface area contributed by atoms with E-state index in [9.17, 15) is 4.79 Å². The number of benzene rings is 1. The molecule has 0 atom stereocenters. The topological polar surface area (TPSA) is 66.5 Å². The number of aromatic nitrogens is 1. The van der Waals surface area contributed by atoms with Crippen molar-refractivity contribution in [3.05, 3.63) is 52.1 Å². The summed E-state index contributed by atoms with van der Waals surface area (Å²) in [4.78, 5) is 18.8. The third-order valence-electron chi connectivity index (χ3n) is 4.37. The number of hydrogen-bond acceptors (Lipinski definition) is 4. The third kappa shape index (κ3) is 4.88. The zero-order chi connectivity index (χ0) is 18.4. The molecular formula is C19H23BrN4O2. The van der Waals surface area contributed by atoms with Crippen LogP contribution in [0.25, 0.3) is 0 Å². The van der Waals surface area contributed by atoms with Gasteiger partial charge in [-0.1, -0.05) is 15.9 Å². The van der Waals surface area contributed by atoms with Crippen LogP contribution in [0.2, 0.25) is 0 Å². The zero-order valence-corrected chi connectivity index (χ0v) is 16.4. The molecule has 1 aliphatic rings. The van der Waals surface area contributed by atoms with Crippen LogP contribution in [0.5, 0.6) is 5.75 Å². The van der Waals surface area contributed by atoms with Crippen molar-refractivity contribution in [1.82, 2.24) is 15.6 Å². The van der Waals surface area contributed by atoms with Crippen LogP contribution in [-0.4, -0.2) is 31.2 Å². The van der Waals surface area contributed by atoms with Crippen molar-refractivity contribution in [3.8, 4) is 5.75 Å². The highest BCUT2D eigenvalue weighted by Crippen LogP contribution is 2.22. The van der Waals surface area contributed by atoms with E-state index < -0.39 is 0 Å². The van der Waals surface area contributed by atoms with Crippen molar-refractivity contribution < 1.29 is 9.53 Å². The molecule has 0 unspecified atom stereocenters. The highest BCUT2D eigenvalue weighted by Gasteiger charge is 2.13. The second-order valence-corrected chi connectivity index (χ2v) is 7.12. The van der Waals surface area contributed by atoms with E-state index in [2.05, 4.69) is 36.4 Å². The Hall–Kier alpha value is -2.28. The van der Waals surface area contributed by atoms with Crippen LogP contribution in [-0.2, 0) is 13.1 Å². The quantitative estimate of drug-likeness (QED) is 0.753. The number of hydrogen-bond donors (Lipinski definition) is 2. The van der Waals surface area contributed by atoms with E-state index >= 15 is 0 Å². The summed E-state index contributed by atoms with van der Waals surface area (Å²) in [6.07, 6.45) is 4.23. The molecular weight excluding hydrogens is 396 g/mol. The predicted octanol–water partition coefficient (Wildman–Crippen LogP) is 3.45. The van der Waals surface area contributed by atoms with Gasteiger partial charge in [-0.25, -0.2) is 9.78 Å². The molecule has 2 aromatic rings. The average Bonchev–Trinajstić information content (AvgIpc) is 3.20. The third-order valence-corrected chi connectivity index (χ3v) is 4.87. The summed E-state index contributed by atoms with van der Waals surface area (Å²) in [5, 5.41) is 5.75. The minimum Gasteiger partial charge on any atom is -0.496 e. The largest absolute Gasteiger partial charge is 0.496 e. The lowest BCUT2D eigenvalue weighted by Crippen LogP contribution is -2.34. The molecule has 3 rings (SSSR count). The fourth-order valence-electron chi connectivity index (χ4n) is 3.00. The molecule has 1 aromatic heterocycles. The molecule has 1 saturated heterocycles. The van der Waals surface area contributed by atoms with E-state index in [1.54, 1.807) is 13.3 Å². The van der Waals surface area contributed by atoms with E-state index in [0.29, 0.717) is 13.1 Å². The second-order valence-electron chi connectivity index (χ2n) is 6.21. The zero-order valence-electron chi connectivity index (χ0n) is 14.8. The highest BCUT2D eigenvalue weighted by atomic mass is 79.9. The summed E-state index contributed by atoms with van der Waals surface area (Å²) < 4.78 is 6.27. The molecule has 2 N–H and O–H groups in total. The molecule has 0 bridgehead atoms. The number of rotatable bonds is 6. The molecule has 1 fully saturated rings. The number of urea groups is 1. The Labute approximate surface area is 162 Å². The first-order valence-corrected chi connectivity index (χ1v) is 9.49. The van der Waals surface area contributed by atoms with Crippen LogP contribution in [0.4, 0.5) is 10.6 Å². The average molecular weight is 419 g/mol. The van der Waals surface area contributed by atoms with Crippen LogP contribution in [0.15, 0.2) is 41.0 Å². The van der Waals surface area contributed by atoms with Gasteiger partial charge in [-0.15, -0.1) is 0 Å². The van der Waals surface area contributed by atoms with Crippen LogP contribution in [0.1, 0.15) is 24.0 Å². The minimum atomic E-state index is -0.216. The fourth-order valence-corrected chi connectivity index (χ4v) is 3.40. The summed E-state index contributed by atoms with van der Waals surface area (Å²) >= 11 is 3.43. The molecule has 138 valence electrons. The lowest BCUT2D eigenvalue weighted by molar-refractivity contribution is 0.240. The number of carbonyl (C=O) groups is 1. The molecule has 2 heterocycles. The Morgan fingerprint density at radius 3 is 2.73 bits per heavy atom. The number of anilines is 1. The van der Waals surface area contributed by atoms with Gasteiger partial charge in [-0.3, -0.25) is 0 Å². The van der Waals surface area contributed by atoms with Gasteiger partial charge in [0, 0.05) is 42.4 Å². The summed E-state index contributed by atoms with van der Waals surface area (Å²) in [6.45, 7) is 2.96. The standard InChI is InChI=1S/C19H23BrN4O2/c1-26-17-5-4-16(20)11-15(17)13-23-19(25)22-12-14-6-7-21-18(10-14)24-8-2-3-9-24/h4-7,10-11H,2-3,8-9,12-13H2,1H3,(H2,22,23,25). The number of nitrogens with zero attached hydrogens (tertiary/aromatic N) is 2. The van der Waals surface area contributed by atoms with Gasteiger partial charge in [-0.05, 0) is 48.7 Å². The maximum absolute atomic E-state index is 12.1. The highest BCUT2D eigenvalue weighted by molar-refractivity contribution is 9.10. The second kappa shape index (κ2) is 8.89. The van der Waals surface area contributed by atoms with Crippen molar-refractivity contribution in [1.29, 1.82) is 0 Å². The first-order chi connectivity index (χ1) is 12.7. The van der Waals surface area contributed by atoms with E-state index in [1.807, 2.05) is 30.3 Å². The number of amides is 2. The van der Waals surface area contributed by atoms with Gasteiger partial charge in [0.15, 0.2) is 0 Å². The number of ether oxygens (including phenoxy) is 1. The Morgan fingerprint density at radius 1 is 1.19 bits per heavy atom. The van der Waals surface area contributed by atoms with Crippen molar-refractivity contribution in [3.63, 3.8) is 0 Å². The Balaban J connectivity index is 1.51. The molecule has 1 aromatic carbocycles. The summed E-state index contributed by atoms with van der Waals surface area (Å²) in [7, 11) is 1.62. The first-order valence-electron chi connectivity index (χ1n) is 8.69. The lowest BCUT2D eigenvalue weighted by atomic mass is 10.2. The van der Waals surface area contributed by atoms with Gasteiger partial charge in [0.25, 0.3) is 0 Å². The van der Waals surface area contributed by atoms with E-state index in [-0.39, 0.29) is 6.03 Å². The number of methoxy groups -OCH3 is 1. The maximum atomic E-state index is 12.1. The van der Waals surface area contributed by atoms with Gasteiger partial charge >= 0.3 is 6.03 Å². The molecule has 2 amide bonds. The molecule has 0 saturated carbocycles. The monoisotopic (exact) mass is 418 g/mol.